The van der Waals surface area contributed by atoms with Gasteiger partial charge < -0.3 is 5.32 Å². The van der Waals surface area contributed by atoms with Gasteiger partial charge in [-0.3, -0.25) is 4.68 Å². The molecule has 0 bridgehead atoms. The Kier molecular flexibility index (Phi) is 5.87. The molecule has 1 unspecified atom stereocenters. The Bertz CT molecular complexity index is 404. The van der Waals surface area contributed by atoms with Crippen molar-refractivity contribution >= 4 is 11.6 Å². The van der Waals surface area contributed by atoms with Crippen LogP contribution in [0.3, 0.4) is 0 Å². The standard InChI is InChI=1S/C15H28ClN3/c1-7-11(10-17-15(3,4)5)9-13-14(16)12(8-2)18-19(13)6/h11,17H,7-10H2,1-6H3. The molecule has 1 rings (SSSR count). The molecule has 0 aliphatic heterocycles. The third-order valence-corrected chi connectivity index (χ3v) is 3.92. The minimum atomic E-state index is 0.165. The Hall–Kier alpha value is -0.540. The van der Waals surface area contributed by atoms with Crippen LogP contribution in [0.15, 0.2) is 0 Å². The van der Waals surface area contributed by atoms with Crippen LogP contribution in [0.2, 0.25) is 5.02 Å². The quantitative estimate of drug-likeness (QED) is 0.866. The van der Waals surface area contributed by atoms with Crippen molar-refractivity contribution in [3.63, 3.8) is 0 Å². The van der Waals surface area contributed by atoms with Crippen molar-refractivity contribution in [3.8, 4) is 0 Å². The highest BCUT2D eigenvalue weighted by Crippen LogP contribution is 2.24. The molecule has 1 heterocycles. The fourth-order valence-electron chi connectivity index (χ4n) is 2.13. The molecule has 1 N–H and O–H groups in total. The van der Waals surface area contributed by atoms with Gasteiger partial charge in [-0.25, -0.2) is 0 Å². The lowest BCUT2D eigenvalue weighted by atomic mass is 9.98. The van der Waals surface area contributed by atoms with Crippen LogP contribution < -0.4 is 5.32 Å². The molecular weight excluding hydrogens is 258 g/mol. The average molecular weight is 286 g/mol. The number of aromatic nitrogens is 2. The van der Waals surface area contributed by atoms with Crippen LogP contribution in [-0.2, 0) is 19.9 Å². The summed E-state index contributed by atoms with van der Waals surface area (Å²) in [7, 11) is 1.99. The predicted octanol–water partition coefficient (Wildman–Crippen LogP) is 3.59. The molecule has 0 aromatic carbocycles. The summed E-state index contributed by atoms with van der Waals surface area (Å²) in [6.45, 7) is 11.9. The molecule has 1 aromatic rings. The SMILES string of the molecule is CCc1nn(C)c(CC(CC)CNC(C)(C)C)c1Cl. The lowest BCUT2D eigenvalue weighted by Crippen LogP contribution is -2.39. The number of nitrogens with zero attached hydrogens (tertiary/aromatic N) is 2. The molecule has 1 atom stereocenters. The van der Waals surface area contributed by atoms with Crippen LogP contribution in [-0.4, -0.2) is 21.9 Å². The van der Waals surface area contributed by atoms with E-state index in [1.165, 1.54) is 5.69 Å². The Morgan fingerprint density at radius 3 is 2.37 bits per heavy atom. The molecule has 0 fully saturated rings. The van der Waals surface area contributed by atoms with Gasteiger partial charge in [0.2, 0.25) is 0 Å². The van der Waals surface area contributed by atoms with Crippen molar-refractivity contribution in [3.05, 3.63) is 16.4 Å². The number of aryl methyl sites for hydroxylation is 2. The molecule has 0 saturated carbocycles. The van der Waals surface area contributed by atoms with Gasteiger partial charge in [-0.15, -0.1) is 0 Å². The molecule has 19 heavy (non-hydrogen) atoms. The highest BCUT2D eigenvalue weighted by Gasteiger charge is 2.18. The van der Waals surface area contributed by atoms with E-state index in [9.17, 15) is 0 Å². The van der Waals surface area contributed by atoms with E-state index in [2.05, 4.69) is 45.0 Å². The van der Waals surface area contributed by atoms with Crippen molar-refractivity contribution in [1.29, 1.82) is 0 Å². The Balaban J connectivity index is 2.73. The lowest BCUT2D eigenvalue weighted by Gasteiger charge is -2.24. The van der Waals surface area contributed by atoms with Crippen molar-refractivity contribution in [2.24, 2.45) is 13.0 Å². The fourth-order valence-corrected chi connectivity index (χ4v) is 2.50. The van der Waals surface area contributed by atoms with Gasteiger partial charge in [-0.05, 0) is 46.1 Å². The van der Waals surface area contributed by atoms with Crippen LogP contribution in [0, 0.1) is 5.92 Å². The van der Waals surface area contributed by atoms with E-state index in [4.69, 9.17) is 11.6 Å². The highest BCUT2D eigenvalue weighted by molar-refractivity contribution is 6.31. The van der Waals surface area contributed by atoms with E-state index < -0.39 is 0 Å². The zero-order valence-corrected chi connectivity index (χ0v) is 13.9. The summed E-state index contributed by atoms with van der Waals surface area (Å²) in [5, 5.41) is 8.93. The van der Waals surface area contributed by atoms with Crippen LogP contribution >= 0.6 is 11.6 Å². The van der Waals surface area contributed by atoms with E-state index in [1.807, 2.05) is 11.7 Å². The van der Waals surface area contributed by atoms with E-state index in [0.717, 1.165) is 36.5 Å². The smallest absolute Gasteiger partial charge is 0.0849 e. The third kappa shape index (κ3) is 4.81. The molecule has 1 aromatic heterocycles. The number of hydrogen-bond acceptors (Lipinski definition) is 2. The maximum absolute atomic E-state index is 6.42. The summed E-state index contributed by atoms with van der Waals surface area (Å²) in [6.07, 6.45) is 3.03. The molecule has 0 saturated heterocycles. The summed E-state index contributed by atoms with van der Waals surface area (Å²) < 4.78 is 1.95. The summed E-state index contributed by atoms with van der Waals surface area (Å²) >= 11 is 6.42. The summed E-state index contributed by atoms with van der Waals surface area (Å²) in [4.78, 5) is 0. The van der Waals surface area contributed by atoms with Crippen molar-refractivity contribution in [2.75, 3.05) is 6.54 Å². The second-order valence-corrected chi connectivity index (χ2v) is 6.67. The second-order valence-electron chi connectivity index (χ2n) is 6.29. The Labute approximate surface area is 122 Å². The zero-order chi connectivity index (χ0) is 14.6. The number of halogens is 1. The van der Waals surface area contributed by atoms with Gasteiger partial charge in [0.1, 0.15) is 0 Å². The van der Waals surface area contributed by atoms with Gasteiger partial charge >= 0.3 is 0 Å². The number of nitrogens with one attached hydrogen (secondary N) is 1. The predicted molar refractivity (Wildman–Crippen MR) is 82.8 cm³/mol. The molecular formula is C15H28ClN3. The van der Waals surface area contributed by atoms with Crippen LogP contribution in [0.25, 0.3) is 0 Å². The summed E-state index contributed by atoms with van der Waals surface area (Å²) in [6, 6.07) is 0. The average Bonchev–Trinajstić information content (AvgIpc) is 2.59. The van der Waals surface area contributed by atoms with E-state index in [0.29, 0.717) is 5.92 Å². The van der Waals surface area contributed by atoms with Crippen LogP contribution in [0.5, 0.6) is 0 Å². The fraction of sp³-hybridized carbons (Fsp3) is 0.800. The monoisotopic (exact) mass is 285 g/mol. The van der Waals surface area contributed by atoms with Crippen molar-refractivity contribution < 1.29 is 0 Å². The Morgan fingerprint density at radius 1 is 1.32 bits per heavy atom. The van der Waals surface area contributed by atoms with Gasteiger partial charge in [0.15, 0.2) is 0 Å². The highest BCUT2D eigenvalue weighted by atomic mass is 35.5. The number of rotatable bonds is 6. The van der Waals surface area contributed by atoms with Gasteiger partial charge in [0.05, 0.1) is 16.4 Å². The summed E-state index contributed by atoms with van der Waals surface area (Å²) in [5.41, 5.74) is 2.34. The largest absolute Gasteiger partial charge is 0.312 e. The van der Waals surface area contributed by atoms with Crippen molar-refractivity contribution in [2.45, 2.75) is 59.4 Å². The van der Waals surface area contributed by atoms with Gasteiger partial charge in [0.25, 0.3) is 0 Å². The topological polar surface area (TPSA) is 29.9 Å². The normalized spacial score (nSPS) is 13.8. The molecule has 0 amide bonds. The minimum Gasteiger partial charge on any atom is -0.312 e. The van der Waals surface area contributed by atoms with Crippen LogP contribution in [0.4, 0.5) is 0 Å². The van der Waals surface area contributed by atoms with E-state index in [1.54, 1.807) is 0 Å². The second kappa shape index (κ2) is 6.76. The van der Waals surface area contributed by atoms with Crippen molar-refractivity contribution in [1.82, 2.24) is 15.1 Å². The van der Waals surface area contributed by atoms with Gasteiger partial charge in [0, 0.05) is 12.6 Å². The molecule has 3 nitrogen and oxygen atoms in total. The maximum Gasteiger partial charge on any atom is 0.0849 e. The Morgan fingerprint density at radius 2 is 1.95 bits per heavy atom. The third-order valence-electron chi connectivity index (χ3n) is 3.48. The molecule has 0 aliphatic rings. The molecule has 0 radical (unpaired) electrons. The molecule has 110 valence electrons. The molecule has 0 aliphatic carbocycles. The minimum absolute atomic E-state index is 0.165. The van der Waals surface area contributed by atoms with Gasteiger partial charge in [-0.2, -0.15) is 5.10 Å². The van der Waals surface area contributed by atoms with E-state index in [-0.39, 0.29) is 5.54 Å². The first-order valence-electron chi connectivity index (χ1n) is 7.23. The van der Waals surface area contributed by atoms with E-state index >= 15 is 0 Å². The summed E-state index contributed by atoms with van der Waals surface area (Å²) in [5.74, 6) is 0.594. The maximum atomic E-state index is 6.42. The van der Waals surface area contributed by atoms with Gasteiger partial charge in [-0.1, -0.05) is 31.9 Å². The zero-order valence-electron chi connectivity index (χ0n) is 13.2. The lowest BCUT2D eigenvalue weighted by molar-refractivity contribution is 0.359. The number of hydrogen-bond donors (Lipinski definition) is 1. The van der Waals surface area contributed by atoms with Crippen LogP contribution in [0.1, 0.15) is 52.4 Å². The molecule has 4 heteroatoms. The molecule has 0 spiro atoms. The first kappa shape index (κ1) is 16.5. The first-order valence-corrected chi connectivity index (χ1v) is 7.61. The first-order chi connectivity index (χ1) is 8.78.